The Labute approximate surface area is 68.1 Å². The zero-order valence-corrected chi connectivity index (χ0v) is 7.12. The van der Waals surface area contributed by atoms with Crippen molar-refractivity contribution < 1.29 is 4.74 Å². The van der Waals surface area contributed by atoms with Crippen LogP contribution in [0.5, 0.6) is 0 Å². The van der Waals surface area contributed by atoms with E-state index < -0.39 is 0 Å². The van der Waals surface area contributed by atoms with Crippen molar-refractivity contribution in [3.05, 3.63) is 0 Å². The second kappa shape index (κ2) is 2.76. The van der Waals surface area contributed by atoms with Gasteiger partial charge < -0.3 is 10.5 Å². The predicted octanol–water partition coefficient (Wildman–Crippen LogP) is 1.15. The fraction of sp³-hybridized carbons (Fsp3) is 1.00. The third-order valence-electron chi connectivity index (χ3n) is 3.02. The van der Waals surface area contributed by atoms with Gasteiger partial charge in [0.05, 0.1) is 12.2 Å². The van der Waals surface area contributed by atoms with Gasteiger partial charge in [0.25, 0.3) is 0 Å². The molecule has 2 fully saturated rings. The second-order valence-corrected chi connectivity index (χ2v) is 3.96. The minimum atomic E-state index is 0.499. The Morgan fingerprint density at radius 2 is 2.27 bits per heavy atom. The van der Waals surface area contributed by atoms with Crippen molar-refractivity contribution in [3.63, 3.8) is 0 Å². The molecule has 4 atom stereocenters. The highest BCUT2D eigenvalue weighted by Crippen LogP contribution is 2.45. The zero-order valence-electron chi connectivity index (χ0n) is 7.12. The lowest BCUT2D eigenvalue weighted by Gasteiger charge is -2.09. The molecule has 2 rings (SSSR count). The van der Waals surface area contributed by atoms with Crippen LogP contribution in [0.25, 0.3) is 0 Å². The van der Waals surface area contributed by atoms with Gasteiger partial charge in [-0.1, -0.05) is 0 Å². The summed E-state index contributed by atoms with van der Waals surface area (Å²) in [6.07, 6.45) is 4.88. The average Bonchev–Trinajstić information content (AvgIpc) is 2.68. The molecule has 2 nitrogen and oxygen atoms in total. The van der Waals surface area contributed by atoms with Gasteiger partial charge >= 0.3 is 0 Å². The summed E-state index contributed by atoms with van der Waals surface area (Å²) in [5, 5.41) is 0. The highest BCUT2D eigenvalue weighted by molar-refractivity contribution is 4.94. The predicted molar refractivity (Wildman–Crippen MR) is 44.2 cm³/mol. The summed E-state index contributed by atoms with van der Waals surface area (Å²) in [5.41, 5.74) is 5.57. The standard InChI is InChI=1S/C9H17NO/c1-6-2-3-9(11-6)8-4-7(8)5-10/h6-9H,2-5,10H2,1H3/t6-,7+,8-,9?/m1/s1. The van der Waals surface area contributed by atoms with Crippen LogP contribution in [0, 0.1) is 11.8 Å². The van der Waals surface area contributed by atoms with Crippen LogP contribution < -0.4 is 5.73 Å². The van der Waals surface area contributed by atoms with Gasteiger partial charge in [-0.05, 0) is 44.6 Å². The molecule has 1 aliphatic carbocycles. The smallest absolute Gasteiger partial charge is 0.0611 e. The third kappa shape index (κ3) is 1.42. The summed E-state index contributed by atoms with van der Waals surface area (Å²) in [6.45, 7) is 3.03. The summed E-state index contributed by atoms with van der Waals surface area (Å²) < 4.78 is 5.76. The first-order chi connectivity index (χ1) is 5.31. The molecule has 0 aromatic carbocycles. The Hall–Kier alpha value is -0.0800. The molecule has 1 heterocycles. The van der Waals surface area contributed by atoms with Crippen LogP contribution in [-0.4, -0.2) is 18.8 Å². The van der Waals surface area contributed by atoms with Crippen LogP contribution in [0.4, 0.5) is 0 Å². The Morgan fingerprint density at radius 1 is 1.45 bits per heavy atom. The summed E-state index contributed by atoms with van der Waals surface area (Å²) in [5.74, 6) is 1.59. The lowest BCUT2D eigenvalue weighted by Crippen LogP contribution is -2.14. The molecule has 2 heteroatoms. The molecule has 1 aliphatic heterocycles. The van der Waals surface area contributed by atoms with Gasteiger partial charge in [-0.25, -0.2) is 0 Å². The highest BCUT2D eigenvalue weighted by atomic mass is 16.5. The van der Waals surface area contributed by atoms with Gasteiger partial charge in [0.15, 0.2) is 0 Å². The normalized spacial score (nSPS) is 49.6. The molecule has 1 unspecified atom stereocenters. The summed E-state index contributed by atoms with van der Waals surface area (Å²) >= 11 is 0. The molecule has 11 heavy (non-hydrogen) atoms. The van der Waals surface area contributed by atoms with Crippen LogP contribution in [0.1, 0.15) is 26.2 Å². The van der Waals surface area contributed by atoms with Crippen molar-refractivity contribution in [1.29, 1.82) is 0 Å². The van der Waals surface area contributed by atoms with Crippen LogP contribution >= 0.6 is 0 Å². The SMILES string of the molecule is C[C@@H]1CCC([C@@H]2C[C@H]2CN)O1. The van der Waals surface area contributed by atoms with Crippen molar-refractivity contribution in [2.24, 2.45) is 17.6 Å². The van der Waals surface area contributed by atoms with E-state index in [-0.39, 0.29) is 0 Å². The molecule has 0 radical (unpaired) electrons. The maximum atomic E-state index is 5.76. The van der Waals surface area contributed by atoms with E-state index in [0.717, 1.165) is 18.4 Å². The van der Waals surface area contributed by atoms with E-state index in [0.29, 0.717) is 12.2 Å². The first-order valence-corrected chi connectivity index (χ1v) is 4.66. The zero-order chi connectivity index (χ0) is 7.84. The van der Waals surface area contributed by atoms with Gasteiger partial charge in [0, 0.05) is 0 Å². The number of rotatable bonds is 2. The Balaban J connectivity index is 1.80. The quantitative estimate of drug-likeness (QED) is 0.649. The number of ether oxygens (including phenoxy) is 1. The molecule has 1 saturated heterocycles. The molecule has 1 saturated carbocycles. The Morgan fingerprint density at radius 3 is 2.73 bits per heavy atom. The van der Waals surface area contributed by atoms with Crippen LogP contribution in [-0.2, 0) is 4.74 Å². The van der Waals surface area contributed by atoms with Crippen molar-refractivity contribution in [2.75, 3.05) is 6.54 Å². The minimum Gasteiger partial charge on any atom is -0.375 e. The largest absolute Gasteiger partial charge is 0.375 e. The van der Waals surface area contributed by atoms with E-state index in [2.05, 4.69) is 6.92 Å². The molecule has 64 valence electrons. The average molecular weight is 155 g/mol. The third-order valence-corrected chi connectivity index (χ3v) is 3.02. The fourth-order valence-electron chi connectivity index (χ4n) is 2.15. The van der Waals surface area contributed by atoms with E-state index >= 15 is 0 Å². The van der Waals surface area contributed by atoms with Crippen LogP contribution in [0.15, 0.2) is 0 Å². The summed E-state index contributed by atoms with van der Waals surface area (Å²) in [7, 11) is 0. The van der Waals surface area contributed by atoms with E-state index in [4.69, 9.17) is 10.5 Å². The summed E-state index contributed by atoms with van der Waals surface area (Å²) in [4.78, 5) is 0. The van der Waals surface area contributed by atoms with Crippen molar-refractivity contribution in [1.82, 2.24) is 0 Å². The van der Waals surface area contributed by atoms with E-state index in [1.807, 2.05) is 0 Å². The molecule has 0 bridgehead atoms. The summed E-state index contributed by atoms with van der Waals surface area (Å²) in [6, 6.07) is 0. The molecule has 0 aromatic rings. The van der Waals surface area contributed by atoms with Crippen molar-refractivity contribution in [2.45, 2.75) is 38.4 Å². The minimum absolute atomic E-state index is 0.499. The molecule has 2 N–H and O–H groups in total. The second-order valence-electron chi connectivity index (χ2n) is 3.96. The number of nitrogens with two attached hydrogens (primary N) is 1. The van der Waals surface area contributed by atoms with Crippen molar-refractivity contribution in [3.8, 4) is 0 Å². The Kier molecular flexibility index (Phi) is 1.90. The van der Waals surface area contributed by atoms with Gasteiger partial charge in [-0.3, -0.25) is 0 Å². The first kappa shape index (κ1) is 7.56. The van der Waals surface area contributed by atoms with Gasteiger partial charge in [0.1, 0.15) is 0 Å². The first-order valence-electron chi connectivity index (χ1n) is 4.66. The van der Waals surface area contributed by atoms with Crippen LogP contribution in [0.3, 0.4) is 0 Å². The topological polar surface area (TPSA) is 35.2 Å². The highest BCUT2D eigenvalue weighted by Gasteiger charge is 2.44. The molecular weight excluding hydrogens is 138 g/mol. The van der Waals surface area contributed by atoms with Gasteiger partial charge in [-0.2, -0.15) is 0 Å². The van der Waals surface area contributed by atoms with E-state index in [9.17, 15) is 0 Å². The van der Waals surface area contributed by atoms with Crippen LogP contribution in [0.2, 0.25) is 0 Å². The molecule has 0 aromatic heterocycles. The Bertz CT molecular complexity index is 148. The molecule has 2 aliphatic rings. The molecule has 0 amide bonds. The molecule has 0 spiro atoms. The molecular formula is C9H17NO. The maximum absolute atomic E-state index is 5.76. The van der Waals surface area contributed by atoms with Crippen molar-refractivity contribution >= 4 is 0 Å². The van der Waals surface area contributed by atoms with E-state index in [1.165, 1.54) is 19.3 Å². The van der Waals surface area contributed by atoms with Gasteiger partial charge in [0.2, 0.25) is 0 Å². The lowest BCUT2D eigenvalue weighted by atomic mass is 10.1. The monoisotopic (exact) mass is 155 g/mol. The number of hydrogen-bond acceptors (Lipinski definition) is 2. The number of hydrogen-bond donors (Lipinski definition) is 1. The fourth-order valence-corrected chi connectivity index (χ4v) is 2.15. The van der Waals surface area contributed by atoms with E-state index in [1.54, 1.807) is 0 Å². The lowest BCUT2D eigenvalue weighted by molar-refractivity contribution is 0.0399. The maximum Gasteiger partial charge on any atom is 0.0611 e. The van der Waals surface area contributed by atoms with Gasteiger partial charge in [-0.15, -0.1) is 0 Å².